The van der Waals surface area contributed by atoms with Crippen LogP contribution in [0.2, 0.25) is 0 Å². The fourth-order valence-corrected chi connectivity index (χ4v) is 7.26. The van der Waals surface area contributed by atoms with E-state index in [2.05, 4.69) is 17.3 Å². The number of hydrogen-bond acceptors (Lipinski definition) is 8. The van der Waals surface area contributed by atoms with Crippen molar-refractivity contribution >= 4 is 27.5 Å². The molecule has 2 aliphatic heterocycles. The number of ether oxygens (including phenoxy) is 4. The average molecular weight is 649 g/mol. The second kappa shape index (κ2) is 15.7. The first-order chi connectivity index (χ1) is 22.3. The Labute approximate surface area is 272 Å². The molecule has 1 N–H and O–H groups in total. The van der Waals surface area contributed by atoms with E-state index in [1.807, 2.05) is 62.4 Å². The van der Waals surface area contributed by atoms with Crippen LogP contribution >= 0.6 is 0 Å². The van der Waals surface area contributed by atoms with E-state index < -0.39 is 9.84 Å². The minimum atomic E-state index is -3.58. The Morgan fingerprint density at radius 1 is 0.913 bits per heavy atom. The summed E-state index contributed by atoms with van der Waals surface area (Å²) in [6, 6.07) is 19.2. The summed E-state index contributed by atoms with van der Waals surface area (Å²) >= 11 is 0. The Morgan fingerprint density at radius 2 is 1.65 bits per heavy atom. The van der Waals surface area contributed by atoms with E-state index >= 15 is 0 Å². The Bertz CT molecular complexity index is 1630. The van der Waals surface area contributed by atoms with Crippen LogP contribution in [0, 0.1) is 0 Å². The molecule has 46 heavy (non-hydrogen) atoms. The van der Waals surface area contributed by atoms with Gasteiger partial charge < -0.3 is 24.3 Å². The van der Waals surface area contributed by atoms with Gasteiger partial charge in [-0.2, -0.15) is 0 Å². The number of fused-ring (bicyclic) bond motifs is 1. The maximum atomic E-state index is 13.4. The molecule has 10 heteroatoms. The van der Waals surface area contributed by atoms with Crippen molar-refractivity contribution in [2.24, 2.45) is 0 Å². The largest absolute Gasteiger partial charge is 0.490 e. The third-order valence-corrected chi connectivity index (χ3v) is 10.1. The van der Waals surface area contributed by atoms with Crippen LogP contribution < -0.4 is 14.8 Å². The highest BCUT2D eigenvalue weighted by Gasteiger charge is 2.25. The first kappa shape index (κ1) is 33.7. The van der Waals surface area contributed by atoms with Gasteiger partial charge in [0.2, 0.25) is 0 Å². The summed E-state index contributed by atoms with van der Waals surface area (Å²) in [6.45, 7) is 8.22. The molecule has 0 aromatic heterocycles. The Balaban J connectivity index is 1.33. The third kappa shape index (κ3) is 8.55. The Kier molecular flexibility index (Phi) is 11.5. The molecule has 0 saturated carbocycles. The van der Waals surface area contributed by atoms with Crippen LogP contribution in [-0.2, 0) is 30.7 Å². The summed E-state index contributed by atoms with van der Waals surface area (Å²) in [5, 5.41) is 2.97. The van der Waals surface area contributed by atoms with Crippen LogP contribution in [-0.4, -0.2) is 77.7 Å². The first-order valence-corrected chi connectivity index (χ1v) is 17.7. The highest BCUT2D eigenvalue weighted by atomic mass is 32.2. The molecule has 9 nitrogen and oxygen atoms in total. The van der Waals surface area contributed by atoms with Gasteiger partial charge in [-0.05, 0) is 105 Å². The van der Waals surface area contributed by atoms with Crippen molar-refractivity contribution in [3.63, 3.8) is 0 Å². The molecular formula is C36H44N2O7S. The zero-order valence-electron chi connectivity index (χ0n) is 26.9. The lowest BCUT2D eigenvalue weighted by atomic mass is 10.0. The van der Waals surface area contributed by atoms with Crippen LogP contribution in [0.25, 0.3) is 17.2 Å². The van der Waals surface area contributed by atoms with E-state index in [4.69, 9.17) is 18.9 Å². The second-order valence-corrected chi connectivity index (χ2v) is 13.6. The van der Waals surface area contributed by atoms with Gasteiger partial charge in [-0.25, -0.2) is 8.42 Å². The smallest absolute Gasteiger partial charge is 0.251 e. The van der Waals surface area contributed by atoms with E-state index in [0.29, 0.717) is 60.8 Å². The number of sulfone groups is 1. The highest BCUT2D eigenvalue weighted by molar-refractivity contribution is 7.91. The molecular weight excluding hydrogens is 604 g/mol. The summed E-state index contributed by atoms with van der Waals surface area (Å²) in [6.07, 6.45) is 3.88. The summed E-state index contributed by atoms with van der Waals surface area (Å²) < 4.78 is 49.0. The summed E-state index contributed by atoms with van der Waals surface area (Å²) in [5.74, 6) is 0.753. The molecule has 1 fully saturated rings. The number of amides is 1. The van der Waals surface area contributed by atoms with Gasteiger partial charge in [0, 0.05) is 43.7 Å². The van der Waals surface area contributed by atoms with E-state index in [0.717, 1.165) is 49.3 Å². The molecule has 3 aromatic rings. The zero-order valence-corrected chi connectivity index (χ0v) is 27.7. The molecule has 3 aromatic carbocycles. The van der Waals surface area contributed by atoms with Crippen LogP contribution in [0.4, 0.5) is 5.69 Å². The number of rotatable bonds is 13. The van der Waals surface area contributed by atoms with Gasteiger partial charge >= 0.3 is 0 Å². The number of carbonyl (C=O) groups is 1. The summed E-state index contributed by atoms with van der Waals surface area (Å²) in [4.78, 5) is 16.0. The van der Waals surface area contributed by atoms with Gasteiger partial charge in [0.1, 0.15) is 6.61 Å². The first-order valence-electron chi connectivity index (χ1n) is 16.0. The van der Waals surface area contributed by atoms with Gasteiger partial charge in [-0.15, -0.1) is 0 Å². The maximum absolute atomic E-state index is 13.4. The molecule has 1 saturated heterocycles. The van der Waals surface area contributed by atoms with Crippen molar-refractivity contribution in [3.05, 3.63) is 77.4 Å². The fraction of sp³-hybridized carbons (Fsp3) is 0.417. The molecule has 0 radical (unpaired) electrons. The van der Waals surface area contributed by atoms with Gasteiger partial charge in [0.15, 0.2) is 21.3 Å². The predicted octanol–water partition coefficient (Wildman–Crippen LogP) is 5.98. The minimum absolute atomic E-state index is 0.119. The van der Waals surface area contributed by atoms with Crippen molar-refractivity contribution in [2.45, 2.75) is 50.6 Å². The predicted molar refractivity (Wildman–Crippen MR) is 180 cm³/mol. The molecule has 5 rings (SSSR count). The average Bonchev–Trinajstić information content (AvgIpc) is 3.20. The van der Waals surface area contributed by atoms with E-state index in [1.165, 1.54) is 0 Å². The van der Waals surface area contributed by atoms with Crippen molar-refractivity contribution in [2.75, 3.05) is 57.8 Å². The number of benzene rings is 3. The lowest BCUT2D eigenvalue weighted by molar-refractivity contribution is -0.112. The number of hydrogen-bond donors (Lipinski definition) is 1. The van der Waals surface area contributed by atoms with Crippen molar-refractivity contribution in [3.8, 4) is 22.6 Å². The quantitative estimate of drug-likeness (QED) is 0.226. The van der Waals surface area contributed by atoms with Crippen molar-refractivity contribution in [1.82, 2.24) is 4.90 Å². The SMILES string of the molecule is CCOCCOc1ccc(-c2ccc3c(c2)C=C(C(=O)Nc2ccc(CN(C)C4CCOCC4)cc2)CCS3(=O)=O)cc1OCC. The van der Waals surface area contributed by atoms with Crippen LogP contribution in [0.5, 0.6) is 11.5 Å². The standard InChI is InChI=1S/C36H44N2O7S/c1-4-42-19-20-45-33-12-8-28(24-34(33)44-5-2)27-9-13-35-30(22-27)23-29(16-21-46(35,40)41)36(39)37-31-10-6-26(7-11-31)25-38(3)32-14-17-43-18-15-32/h6-13,22-24,32H,4-5,14-21,25H2,1-3H3,(H,37,39). The number of anilines is 1. The van der Waals surface area contributed by atoms with E-state index in [9.17, 15) is 13.2 Å². The van der Waals surface area contributed by atoms with Crippen LogP contribution in [0.1, 0.15) is 44.2 Å². The molecule has 2 heterocycles. The lowest BCUT2D eigenvalue weighted by Crippen LogP contribution is -2.36. The molecule has 1 amide bonds. The fourth-order valence-electron chi connectivity index (χ4n) is 5.80. The van der Waals surface area contributed by atoms with Gasteiger partial charge in [0.05, 0.1) is 23.9 Å². The molecule has 2 aliphatic rings. The van der Waals surface area contributed by atoms with E-state index in [-0.39, 0.29) is 23.0 Å². The van der Waals surface area contributed by atoms with Gasteiger partial charge in [-0.3, -0.25) is 9.69 Å². The number of nitrogens with zero attached hydrogens (tertiary/aromatic N) is 1. The number of carbonyl (C=O) groups excluding carboxylic acids is 1. The van der Waals surface area contributed by atoms with E-state index in [1.54, 1.807) is 18.2 Å². The Hall–Kier alpha value is -3.70. The molecule has 246 valence electrons. The van der Waals surface area contributed by atoms with Gasteiger partial charge in [-0.1, -0.05) is 24.3 Å². The molecule has 0 aliphatic carbocycles. The van der Waals surface area contributed by atoms with Gasteiger partial charge in [0.25, 0.3) is 5.91 Å². The maximum Gasteiger partial charge on any atom is 0.251 e. The van der Waals surface area contributed by atoms with Crippen LogP contribution in [0.3, 0.4) is 0 Å². The number of nitrogens with one attached hydrogen (secondary N) is 1. The van der Waals surface area contributed by atoms with Crippen molar-refractivity contribution < 1.29 is 32.2 Å². The van der Waals surface area contributed by atoms with Crippen molar-refractivity contribution in [1.29, 1.82) is 0 Å². The molecule has 0 spiro atoms. The monoisotopic (exact) mass is 648 g/mol. The zero-order chi connectivity index (χ0) is 32.5. The topological polar surface area (TPSA) is 103 Å². The Morgan fingerprint density at radius 3 is 2.39 bits per heavy atom. The normalized spacial score (nSPS) is 16.3. The molecule has 0 unspecified atom stereocenters. The molecule has 0 bridgehead atoms. The minimum Gasteiger partial charge on any atom is -0.490 e. The second-order valence-electron chi connectivity index (χ2n) is 11.5. The summed E-state index contributed by atoms with van der Waals surface area (Å²) in [7, 11) is -1.45. The lowest BCUT2D eigenvalue weighted by Gasteiger charge is -2.31. The highest BCUT2D eigenvalue weighted by Crippen LogP contribution is 2.36. The molecule has 0 atom stereocenters. The summed E-state index contributed by atoms with van der Waals surface area (Å²) in [5.41, 5.74) is 4.36. The third-order valence-electron chi connectivity index (χ3n) is 8.33. The van der Waals surface area contributed by atoms with Crippen LogP contribution in [0.15, 0.2) is 71.1 Å².